The summed E-state index contributed by atoms with van der Waals surface area (Å²) in [6, 6.07) is 5.24. The van der Waals surface area contributed by atoms with Crippen LogP contribution in [0.25, 0.3) is 0 Å². The Morgan fingerprint density at radius 3 is 2.89 bits per heavy atom. The van der Waals surface area contributed by atoms with E-state index in [-0.39, 0.29) is 29.9 Å². The van der Waals surface area contributed by atoms with Crippen molar-refractivity contribution in [3.05, 3.63) is 23.8 Å². The minimum atomic E-state index is -0.287. The first-order valence-electron chi connectivity index (χ1n) is 5.93. The summed E-state index contributed by atoms with van der Waals surface area (Å²) < 4.78 is 10.4. The molecule has 19 heavy (non-hydrogen) atoms. The second-order valence-corrected chi connectivity index (χ2v) is 4.68. The van der Waals surface area contributed by atoms with E-state index < -0.39 is 0 Å². The molecular weight excluding hydrogens is 285 g/mol. The zero-order valence-electron chi connectivity index (χ0n) is 10.6. The van der Waals surface area contributed by atoms with Crippen LogP contribution >= 0.6 is 0 Å². The minimum absolute atomic E-state index is 0. The van der Waals surface area contributed by atoms with Crippen molar-refractivity contribution in [2.75, 3.05) is 20.3 Å². The Hall–Kier alpha value is -1.17. The number of rotatable bonds is 2. The topological polar surface area (TPSA) is 60.3 Å². The first kappa shape index (κ1) is 14.2. The number of nitrogens with zero attached hydrogens (tertiary/aromatic N) is 1. The molecule has 0 saturated carbocycles. The zero-order chi connectivity index (χ0) is 12.6. The van der Waals surface area contributed by atoms with Crippen LogP contribution in [0.5, 0.6) is 11.5 Å². The number of aromatic hydroxyl groups is 1. The predicted molar refractivity (Wildman–Crippen MR) is 65.1 cm³/mol. The van der Waals surface area contributed by atoms with Crippen molar-refractivity contribution in [3.8, 4) is 11.5 Å². The van der Waals surface area contributed by atoms with Crippen LogP contribution in [0.1, 0.15) is 18.4 Å². The van der Waals surface area contributed by atoms with Crippen molar-refractivity contribution >= 4 is 5.71 Å². The van der Waals surface area contributed by atoms with Gasteiger partial charge in [0.05, 0.1) is 26.0 Å². The largest absolute Gasteiger partial charge is 0.504 e. The molecule has 2 heterocycles. The van der Waals surface area contributed by atoms with E-state index >= 15 is 0 Å². The van der Waals surface area contributed by atoms with Gasteiger partial charge in [-0.05, 0) is 18.2 Å². The molecule has 1 radical (unpaired) electrons. The molecular formula is C13H15NO4V. The Kier molecular flexibility index (Phi) is 4.09. The molecule has 0 amide bonds. The molecule has 1 atom stereocenters. The molecule has 6 heteroatoms. The molecule has 2 aliphatic rings. The van der Waals surface area contributed by atoms with Crippen LogP contribution < -0.4 is 4.74 Å². The molecule has 1 unspecified atom stereocenters. The van der Waals surface area contributed by atoms with E-state index in [0.29, 0.717) is 12.4 Å². The fraction of sp³-hybridized carbons (Fsp3) is 0.462. The Balaban J connectivity index is 0.00000133. The number of benzene rings is 1. The molecule has 0 aliphatic carbocycles. The molecule has 0 bridgehead atoms. The maximum Gasteiger partial charge on any atom is 0.168 e. The molecule has 1 aromatic carbocycles. The monoisotopic (exact) mass is 300 g/mol. The van der Waals surface area contributed by atoms with Crippen LogP contribution in [-0.2, 0) is 28.1 Å². The van der Waals surface area contributed by atoms with Crippen molar-refractivity contribution < 1.29 is 38.0 Å². The molecule has 3 rings (SSSR count). The minimum Gasteiger partial charge on any atom is -0.504 e. The number of oxime groups is 1. The summed E-state index contributed by atoms with van der Waals surface area (Å²) in [4.78, 5) is 5.51. The quantitative estimate of drug-likeness (QED) is 0.903. The van der Waals surface area contributed by atoms with Gasteiger partial charge in [-0.25, -0.2) is 0 Å². The Labute approximate surface area is 123 Å². The van der Waals surface area contributed by atoms with Crippen LogP contribution in [0.4, 0.5) is 0 Å². The normalized spacial score (nSPS) is 24.8. The maximum absolute atomic E-state index is 9.76. The van der Waals surface area contributed by atoms with Crippen molar-refractivity contribution in [1.82, 2.24) is 0 Å². The van der Waals surface area contributed by atoms with Crippen LogP contribution in [0, 0.1) is 0 Å². The maximum atomic E-state index is 9.76. The van der Waals surface area contributed by atoms with Gasteiger partial charge in [-0.3, -0.25) is 0 Å². The number of phenolic OH excluding ortho intramolecular Hbond substituents is 1. The summed E-state index contributed by atoms with van der Waals surface area (Å²) >= 11 is 0. The van der Waals surface area contributed by atoms with E-state index in [1.54, 1.807) is 12.1 Å². The number of phenols is 1. The molecule has 1 spiro atoms. The number of hydrogen-bond acceptors (Lipinski definition) is 5. The summed E-state index contributed by atoms with van der Waals surface area (Å²) in [5.74, 6) is 0.568. The van der Waals surface area contributed by atoms with E-state index in [1.165, 1.54) is 7.11 Å². The van der Waals surface area contributed by atoms with Crippen molar-refractivity contribution in [2.24, 2.45) is 5.16 Å². The Bertz CT molecular complexity index is 497. The number of methoxy groups -OCH3 is 1. The summed E-state index contributed by atoms with van der Waals surface area (Å²) in [6.45, 7) is 1.30. The molecule has 5 nitrogen and oxygen atoms in total. The molecule has 101 valence electrons. The van der Waals surface area contributed by atoms with E-state index in [1.807, 2.05) is 6.07 Å². The smallest absolute Gasteiger partial charge is 0.168 e. The molecule has 1 fully saturated rings. The molecule has 2 aliphatic heterocycles. The van der Waals surface area contributed by atoms with Crippen LogP contribution in [-0.4, -0.2) is 36.7 Å². The van der Waals surface area contributed by atoms with Crippen LogP contribution in [0.3, 0.4) is 0 Å². The van der Waals surface area contributed by atoms with Gasteiger partial charge in [-0.15, -0.1) is 0 Å². The average molecular weight is 300 g/mol. The van der Waals surface area contributed by atoms with Gasteiger partial charge >= 0.3 is 0 Å². The zero-order valence-corrected chi connectivity index (χ0v) is 12.0. The summed E-state index contributed by atoms with van der Waals surface area (Å²) in [5, 5.41) is 13.9. The Morgan fingerprint density at radius 1 is 1.42 bits per heavy atom. The third kappa shape index (κ3) is 2.59. The molecule has 1 aromatic rings. The fourth-order valence-corrected chi connectivity index (χ4v) is 2.35. The van der Waals surface area contributed by atoms with Gasteiger partial charge < -0.3 is 19.4 Å². The van der Waals surface area contributed by atoms with Gasteiger partial charge in [0.2, 0.25) is 0 Å². The van der Waals surface area contributed by atoms with Crippen molar-refractivity contribution in [1.29, 1.82) is 0 Å². The average Bonchev–Trinajstić information content (AvgIpc) is 3.00. The summed E-state index contributed by atoms with van der Waals surface area (Å²) in [6.07, 6.45) is 1.58. The van der Waals surface area contributed by atoms with Gasteiger partial charge in [0.15, 0.2) is 17.1 Å². The first-order valence-corrected chi connectivity index (χ1v) is 5.93. The molecule has 0 aromatic heterocycles. The van der Waals surface area contributed by atoms with Gasteiger partial charge in [0.25, 0.3) is 0 Å². The second kappa shape index (κ2) is 5.45. The number of hydrogen-bond donors (Lipinski definition) is 1. The summed E-state index contributed by atoms with van der Waals surface area (Å²) in [5.41, 5.74) is 1.42. The molecule has 1 saturated heterocycles. The standard InChI is InChI=1S/C13H15NO4.V/c1-16-12-3-2-9(6-11(12)15)10-7-13(18-14-10)4-5-17-8-13;/h2-3,6,15H,4-5,7-8H2,1H3;. The van der Waals surface area contributed by atoms with Gasteiger partial charge in [0.1, 0.15) is 0 Å². The van der Waals surface area contributed by atoms with E-state index in [4.69, 9.17) is 14.3 Å². The van der Waals surface area contributed by atoms with Crippen LogP contribution in [0.15, 0.2) is 23.4 Å². The SMILES string of the molecule is COc1ccc(C2=NOC3(CCOC3)C2)cc1O.[V]. The predicted octanol–water partition coefficient (Wildman–Crippen LogP) is 1.68. The van der Waals surface area contributed by atoms with Gasteiger partial charge in [-0.2, -0.15) is 0 Å². The molecule has 1 N–H and O–H groups in total. The second-order valence-electron chi connectivity index (χ2n) is 4.68. The van der Waals surface area contributed by atoms with E-state index in [9.17, 15) is 5.11 Å². The summed E-state index contributed by atoms with van der Waals surface area (Å²) in [7, 11) is 1.52. The van der Waals surface area contributed by atoms with Gasteiger partial charge in [-0.1, -0.05) is 5.16 Å². The van der Waals surface area contributed by atoms with Crippen LogP contribution in [0.2, 0.25) is 0 Å². The first-order chi connectivity index (χ1) is 8.72. The Morgan fingerprint density at radius 2 is 2.26 bits per heavy atom. The van der Waals surface area contributed by atoms with Gasteiger partial charge in [0, 0.05) is 37.0 Å². The third-order valence-corrected chi connectivity index (χ3v) is 3.42. The van der Waals surface area contributed by atoms with Crippen molar-refractivity contribution in [3.63, 3.8) is 0 Å². The van der Waals surface area contributed by atoms with Crippen molar-refractivity contribution in [2.45, 2.75) is 18.4 Å². The van der Waals surface area contributed by atoms with E-state index in [2.05, 4.69) is 5.16 Å². The van der Waals surface area contributed by atoms with E-state index in [0.717, 1.165) is 30.7 Å². The fourth-order valence-electron chi connectivity index (χ4n) is 2.35. The third-order valence-electron chi connectivity index (χ3n) is 3.42. The number of ether oxygens (including phenoxy) is 2.